The number of aliphatic hydroxyl groups is 1. The number of ether oxygens (including phenoxy) is 1. The minimum atomic E-state index is 0.0590. The second-order valence-electron chi connectivity index (χ2n) is 8.12. The second kappa shape index (κ2) is 11.8. The van der Waals surface area contributed by atoms with Crippen molar-refractivity contribution >= 4 is 17.0 Å². The number of nitrogens with one attached hydrogen (secondary N) is 1. The van der Waals surface area contributed by atoms with Crippen molar-refractivity contribution in [1.29, 1.82) is 0 Å². The Balaban J connectivity index is 0.000000269. The fraction of sp³-hybridized carbons (Fsp3) is 0.500. The van der Waals surface area contributed by atoms with Gasteiger partial charge in [0, 0.05) is 39.0 Å². The normalized spacial score (nSPS) is 14.6. The van der Waals surface area contributed by atoms with Crippen molar-refractivity contribution in [3.05, 3.63) is 47.3 Å². The average molecular weight is 442 g/mol. The van der Waals surface area contributed by atoms with Crippen LogP contribution in [0.5, 0.6) is 5.75 Å². The number of rotatable bonds is 6. The predicted molar refractivity (Wildman–Crippen MR) is 127 cm³/mol. The molecule has 174 valence electrons. The molecule has 3 aromatic rings. The Labute approximate surface area is 189 Å². The maximum Gasteiger partial charge on any atom is 0.203 e. The molecule has 0 aliphatic carbocycles. The van der Waals surface area contributed by atoms with Crippen molar-refractivity contribution in [2.24, 2.45) is 7.05 Å². The highest BCUT2D eigenvalue weighted by Gasteiger charge is 2.10. The molecule has 1 aliphatic rings. The van der Waals surface area contributed by atoms with Gasteiger partial charge in [-0.25, -0.2) is 4.98 Å². The van der Waals surface area contributed by atoms with Gasteiger partial charge in [0.2, 0.25) is 5.95 Å². The van der Waals surface area contributed by atoms with Crippen LogP contribution in [0.1, 0.15) is 29.8 Å². The van der Waals surface area contributed by atoms with Crippen LogP contribution in [0.15, 0.2) is 30.3 Å². The molecule has 1 aliphatic heterocycles. The molecule has 8 nitrogen and oxygen atoms in total. The van der Waals surface area contributed by atoms with Gasteiger partial charge < -0.3 is 29.7 Å². The van der Waals surface area contributed by atoms with E-state index in [0.717, 1.165) is 80.5 Å². The van der Waals surface area contributed by atoms with Gasteiger partial charge in [-0.15, -0.1) is 0 Å². The molecule has 8 heteroatoms. The first-order valence-corrected chi connectivity index (χ1v) is 11.2. The molecule has 0 spiro atoms. The number of hydrogen-bond acceptors (Lipinski definition) is 7. The molecule has 0 atom stereocenters. The van der Waals surface area contributed by atoms with Gasteiger partial charge in [0.05, 0.1) is 29.9 Å². The van der Waals surface area contributed by atoms with Crippen LogP contribution in [-0.2, 0) is 18.4 Å². The summed E-state index contributed by atoms with van der Waals surface area (Å²) < 4.78 is 7.53. The number of aliphatic hydroxyl groups excluding tert-OH is 1. The second-order valence-corrected chi connectivity index (χ2v) is 8.12. The molecule has 0 saturated carbocycles. The number of pyridine rings is 1. The molecule has 0 amide bonds. The van der Waals surface area contributed by atoms with Crippen LogP contribution in [0.25, 0.3) is 11.0 Å². The quantitative estimate of drug-likeness (QED) is 0.506. The predicted octanol–water partition coefficient (Wildman–Crippen LogP) is 2.99. The summed E-state index contributed by atoms with van der Waals surface area (Å²) >= 11 is 0. The summed E-state index contributed by atoms with van der Waals surface area (Å²) in [5, 5.41) is 21.7. The third kappa shape index (κ3) is 6.66. The fourth-order valence-electron chi connectivity index (χ4n) is 3.70. The molecule has 1 aromatic carbocycles. The molecule has 3 heterocycles. The summed E-state index contributed by atoms with van der Waals surface area (Å²) in [7, 11) is 2.00. The Morgan fingerprint density at radius 3 is 2.69 bits per heavy atom. The van der Waals surface area contributed by atoms with E-state index in [1.165, 1.54) is 0 Å². The van der Waals surface area contributed by atoms with Crippen molar-refractivity contribution in [3.8, 4) is 5.75 Å². The summed E-state index contributed by atoms with van der Waals surface area (Å²) in [5.41, 5.74) is 4.54. The number of anilines is 1. The number of aromatic nitrogens is 3. The molecule has 4 rings (SSSR count). The number of hydrogen-bond donors (Lipinski definition) is 3. The average Bonchev–Trinajstić information content (AvgIpc) is 2.95. The number of fused-ring (bicyclic) bond motifs is 1. The van der Waals surface area contributed by atoms with E-state index in [0.29, 0.717) is 5.69 Å². The van der Waals surface area contributed by atoms with Gasteiger partial charge in [-0.1, -0.05) is 6.07 Å². The van der Waals surface area contributed by atoms with Crippen molar-refractivity contribution in [3.63, 3.8) is 0 Å². The van der Waals surface area contributed by atoms with Gasteiger partial charge in [0.25, 0.3) is 0 Å². The monoisotopic (exact) mass is 441 g/mol. The smallest absolute Gasteiger partial charge is 0.203 e. The van der Waals surface area contributed by atoms with Crippen LogP contribution in [-0.4, -0.2) is 69.0 Å². The van der Waals surface area contributed by atoms with E-state index in [1.807, 2.05) is 36.7 Å². The van der Waals surface area contributed by atoms with E-state index in [4.69, 9.17) is 9.84 Å². The lowest BCUT2D eigenvalue weighted by atomic mass is 10.2. The number of benzene rings is 1. The molecule has 0 radical (unpaired) electrons. The van der Waals surface area contributed by atoms with E-state index in [1.54, 1.807) is 19.1 Å². The van der Waals surface area contributed by atoms with Crippen molar-refractivity contribution in [2.75, 3.05) is 44.7 Å². The molecule has 2 aromatic heterocycles. The zero-order valence-corrected chi connectivity index (χ0v) is 19.3. The van der Waals surface area contributed by atoms with Crippen LogP contribution in [0.4, 0.5) is 5.95 Å². The van der Waals surface area contributed by atoms with Crippen LogP contribution >= 0.6 is 0 Å². The number of aromatic hydroxyl groups is 1. The van der Waals surface area contributed by atoms with E-state index in [-0.39, 0.29) is 12.4 Å². The number of aryl methyl sites for hydroxylation is 3. The fourth-order valence-corrected chi connectivity index (χ4v) is 3.70. The van der Waals surface area contributed by atoms with Gasteiger partial charge in [-0.3, -0.25) is 4.98 Å². The van der Waals surface area contributed by atoms with Crippen LogP contribution in [0, 0.1) is 13.8 Å². The van der Waals surface area contributed by atoms with Crippen LogP contribution in [0.2, 0.25) is 0 Å². The van der Waals surface area contributed by atoms with Crippen LogP contribution in [0.3, 0.4) is 0 Å². The van der Waals surface area contributed by atoms with Gasteiger partial charge in [0.1, 0.15) is 5.75 Å². The SMILES string of the molecule is Cc1ccc(O)c(C)n1.Cn1c(NCCCN2CCCOCC2)nc2ccc(CO)cc21. The Morgan fingerprint density at radius 2 is 1.94 bits per heavy atom. The summed E-state index contributed by atoms with van der Waals surface area (Å²) in [6.07, 6.45) is 2.22. The first kappa shape index (κ1) is 24.0. The van der Waals surface area contributed by atoms with Crippen molar-refractivity contribution in [2.45, 2.75) is 33.3 Å². The highest BCUT2D eigenvalue weighted by atomic mass is 16.5. The Morgan fingerprint density at radius 1 is 1.09 bits per heavy atom. The zero-order valence-electron chi connectivity index (χ0n) is 19.3. The minimum Gasteiger partial charge on any atom is -0.506 e. The van der Waals surface area contributed by atoms with Gasteiger partial charge in [-0.05, 0) is 63.1 Å². The first-order chi connectivity index (χ1) is 15.5. The Hall–Kier alpha value is -2.68. The maximum atomic E-state index is 9.25. The number of nitrogens with zero attached hydrogens (tertiary/aromatic N) is 4. The first-order valence-electron chi connectivity index (χ1n) is 11.2. The Bertz CT molecular complexity index is 997. The van der Waals surface area contributed by atoms with Crippen LogP contribution < -0.4 is 5.32 Å². The lowest BCUT2D eigenvalue weighted by Crippen LogP contribution is -2.28. The van der Waals surface area contributed by atoms with E-state index < -0.39 is 0 Å². The van der Waals surface area contributed by atoms with E-state index in [2.05, 4.69) is 20.2 Å². The summed E-state index contributed by atoms with van der Waals surface area (Å²) in [4.78, 5) is 11.1. The highest BCUT2D eigenvalue weighted by molar-refractivity contribution is 5.79. The topological polar surface area (TPSA) is 95.7 Å². The Kier molecular flexibility index (Phi) is 8.84. The number of imidazole rings is 1. The van der Waals surface area contributed by atoms with E-state index in [9.17, 15) is 5.11 Å². The molecule has 0 unspecified atom stereocenters. The van der Waals surface area contributed by atoms with E-state index >= 15 is 0 Å². The largest absolute Gasteiger partial charge is 0.506 e. The molecule has 1 fully saturated rings. The molecule has 32 heavy (non-hydrogen) atoms. The lowest BCUT2D eigenvalue weighted by Gasteiger charge is -2.18. The van der Waals surface area contributed by atoms with Gasteiger partial charge >= 0.3 is 0 Å². The summed E-state index contributed by atoms with van der Waals surface area (Å²) in [6.45, 7) is 9.65. The molecule has 3 N–H and O–H groups in total. The standard InChI is InChI=1S/C17H26N4O2.C7H9NO/c1-20-16-12-14(13-22)4-5-15(16)19-17(20)18-6-2-7-21-8-3-10-23-11-9-21;1-5-3-4-7(9)6(2)8-5/h4-5,12,22H,2-3,6-11,13H2,1H3,(H,18,19);3-4,9H,1-2H3. The maximum absolute atomic E-state index is 9.25. The van der Waals surface area contributed by atoms with Gasteiger partial charge in [-0.2, -0.15) is 0 Å². The zero-order chi connectivity index (χ0) is 22.9. The van der Waals surface area contributed by atoms with Gasteiger partial charge in [0.15, 0.2) is 0 Å². The van der Waals surface area contributed by atoms with Crippen molar-refractivity contribution in [1.82, 2.24) is 19.4 Å². The molecule has 1 saturated heterocycles. The molecular formula is C24H35N5O3. The molecular weight excluding hydrogens is 406 g/mol. The van der Waals surface area contributed by atoms with Crippen molar-refractivity contribution < 1.29 is 14.9 Å². The third-order valence-corrected chi connectivity index (χ3v) is 5.57. The summed E-state index contributed by atoms with van der Waals surface area (Å²) in [6, 6.07) is 9.30. The summed E-state index contributed by atoms with van der Waals surface area (Å²) in [5.74, 6) is 1.15. The minimum absolute atomic E-state index is 0.0590. The molecule has 0 bridgehead atoms. The lowest BCUT2D eigenvalue weighted by molar-refractivity contribution is 0.141. The highest BCUT2D eigenvalue weighted by Crippen LogP contribution is 2.19. The third-order valence-electron chi connectivity index (χ3n) is 5.57.